The lowest BCUT2D eigenvalue weighted by atomic mass is 10.2. The summed E-state index contributed by atoms with van der Waals surface area (Å²) in [6.07, 6.45) is 3.48. The quantitative estimate of drug-likeness (QED) is 0.805. The highest BCUT2D eigenvalue weighted by molar-refractivity contribution is 7.08. The molecule has 0 saturated carbocycles. The molecule has 0 aliphatic rings. The molecule has 106 valence electrons. The summed E-state index contributed by atoms with van der Waals surface area (Å²) < 4.78 is 1.78. The highest BCUT2D eigenvalue weighted by Crippen LogP contribution is 2.17. The van der Waals surface area contributed by atoms with E-state index in [9.17, 15) is 4.79 Å². The summed E-state index contributed by atoms with van der Waals surface area (Å²) in [5.41, 5.74) is 3.53. The Balaban J connectivity index is 1.72. The molecule has 3 heterocycles. The maximum atomic E-state index is 11.9. The summed E-state index contributed by atoms with van der Waals surface area (Å²) in [6, 6.07) is 7.61. The zero-order valence-electron chi connectivity index (χ0n) is 11.5. The molecule has 3 rings (SSSR count). The minimum Gasteiger partial charge on any atom is -0.346 e. The lowest BCUT2D eigenvalue weighted by molar-refractivity contribution is 0.0950. The standard InChI is InChI=1S/C15H14N4OS/c1-19-13(9-17-15(20)12-4-7-21-10-12)8-14(18-19)11-2-5-16-6-3-11/h2-8,10H,9H2,1H3,(H,17,20). The molecular formula is C15H14N4OS. The van der Waals surface area contributed by atoms with Crippen molar-refractivity contribution < 1.29 is 4.79 Å². The van der Waals surface area contributed by atoms with E-state index in [1.165, 1.54) is 11.3 Å². The maximum Gasteiger partial charge on any atom is 0.252 e. The summed E-state index contributed by atoms with van der Waals surface area (Å²) >= 11 is 1.51. The van der Waals surface area contributed by atoms with Crippen LogP contribution in [-0.4, -0.2) is 20.7 Å². The number of hydrogen-bond donors (Lipinski definition) is 1. The lowest BCUT2D eigenvalue weighted by Gasteiger charge is -2.03. The third kappa shape index (κ3) is 3.00. The molecule has 6 heteroatoms. The summed E-state index contributed by atoms with van der Waals surface area (Å²) in [5, 5.41) is 11.1. The van der Waals surface area contributed by atoms with Gasteiger partial charge in [-0.3, -0.25) is 14.5 Å². The van der Waals surface area contributed by atoms with Crippen molar-refractivity contribution in [1.29, 1.82) is 0 Å². The number of aromatic nitrogens is 3. The molecule has 0 spiro atoms. The van der Waals surface area contributed by atoms with E-state index in [0.29, 0.717) is 12.1 Å². The molecule has 3 aromatic heterocycles. The molecule has 5 nitrogen and oxygen atoms in total. The van der Waals surface area contributed by atoms with E-state index in [0.717, 1.165) is 17.0 Å². The highest BCUT2D eigenvalue weighted by Gasteiger charge is 2.10. The topological polar surface area (TPSA) is 59.8 Å². The first-order valence-electron chi connectivity index (χ1n) is 6.48. The molecule has 0 aromatic carbocycles. The zero-order valence-corrected chi connectivity index (χ0v) is 12.3. The van der Waals surface area contributed by atoms with Gasteiger partial charge in [-0.1, -0.05) is 0 Å². The van der Waals surface area contributed by atoms with Crippen molar-refractivity contribution in [2.75, 3.05) is 0 Å². The fraction of sp³-hybridized carbons (Fsp3) is 0.133. The molecule has 1 N–H and O–H groups in total. The number of amides is 1. The van der Waals surface area contributed by atoms with Gasteiger partial charge >= 0.3 is 0 Å². The second-order valence-electron chi connectivity index (χ2n) is 4.58. The van der Waals surface area contributed by atoms with Crippen molar-refractivity contribution in [3.05, 3.63) is 58.7 Å². The largest absolute Gasteiger partial charge is 0.346 e. The smallest absolute Gasteiger partial charge is 0.252 e. The maximum absolute atomic E-state index is 11.9. The Hall–Kier alpha value is -2.47. The number of rotatable bonds is 4. The first kappa shape index (κ1) is 13.5. The number of pyridine rings is 1. The van der Waals surface area contributed by atoms with Crippen LogP contribution in [0.3, 0.4) is 0 Å². The Morgan fingerprint density at radius 1 is 1.33 bits per heavy atom. The molecule has 0 aliphatic carbocycles. The Morgan fingerprint density at radius 3 is 2.86 bits per heavy atom. The van der Waals surface area contributed by atoms with Crippen molar-refractivity contribution in [3.8, 4) is 11.3 Å². The van der Waals surface area contributed by atoms with Gasteiger partial charge in [0, 0.05) is 35.9 Å². The van der Waals surface area contributed by atoms with E-state index in [-0.39, 0.29) is 5.91 Å². The van der Waals surface area contributed by atoms with E-state index < -0.39 is 0 Å². The van der Waals surface area contributed by atoms with Crippen molar-refractivity contribution in [2.24, 2.45) is 7.05 Å². The summed E-state index contributed by atoms with van der Waals surface area (Å²) in [5.74, 6) is -0.0667. The second kappa shape index (κ2) is 5.88. The van der Waals surface area contributed by atoms with Crippen LogP contribution in [0.25, 0.3) is 11.3 Å². The van der Waals surface area contributed by atoms with Crippen molar-refractivity contribution in [3.63, 3.8) is 0 Å². The predicted molar refractivity (Wildman–Crippen MR) is 81.9 cm³/mol. The van der Waals surface area contributed by atoms with Gasteiger partial charge in [0.15, 0.2) is 0 Å². The SMILES string of the molecule is Cn1nc(-c2ccncc2)cc1CNC(=O)c1ccsc1. The van der Waals surface area contributed by atoms with E-state index in [4.69, 9.17) is 0 Å². The van der Waals surface area contributed by atoms with E-state index in [2.05, 4.69) is 15.4 Å². The first-order chi connectivity index (χ1) is 10.2. The monoisotopic (exact) mass is 298 g/mol. The van der Waals surface area contributed by atoms with Gasteiger partial charge in [0.05, 0.1) is 17.9 Å². The van der Waals surface area contributed by atoms with Gasteiger partial charge in [-0.25, -0.2) is 0 Å². The third-order valence-electron chi connectivity index (χ3n) is 3.17. The molecule has 1 amide bonds. The molecule has 0 radical (unpaired) electrons. The number of nitrogens with one attached hydrogen (secondary N) is 1. The number of carbonyl (C=O) groups is 1. The lowest BCUT2D eigenvalue weighted by Crippen LogP contribution is -2.23. The molecule has 0 atom stereocenters. The number of hydrogen-bond acceptors (Lipinski definition) is 4. The average molecular weight is 298 g/mol. The zero-order chi connectivity index (χ0) is 14.7. The van der Waals surface area contributed by atoms with Crippen molar-refractivity contribution in [1.82, 2.24) is 20.1 Å². The van der Waals surface area contributed by atoms with Gasteiger partial charge in [0.2, 0.25) is 0 Å². The second-order valence-corrected chi connectivity index (χ2v) is 5.36. The number of aryl methyl sites for hydroxylation is 1. The van der Waals surface area contributed by atoms with Crippen molar-refractivity contribution in [2.45, 2.75) is 6.54 Å². The van der Waals surface area contributed by atoms with Crippen LogP contribution in [0.1, 0.15) is 16.1 Å². The van der Waals surface area contributed by atoms with E-state index >= 15 is 0 Å². The fourth-order valence-electron chi connectivity index (χ4n) is 2.00. The third-order valence-corrected chi connectivity index (χ3v) is 3.85. The molecular weight excluding hydrogens is 284 g/mol. The van der Waals surface area contributed by atoms with Crippen molar-refractivity contribution >= 4 is 17.2 Å². The van der Waals surface area contributed by atoms with Gasteiger partial charge in [0.25, 0.3) is 5.91 Å². The van der Waals surface area contributed by atoms with Gasteiger partial charge in [0.1, 0.15) is 0 Å². The van der Waals surface area contributed by atoms with Crippen LogP contribution in [0.15, 0.2) is 47.4 Å². The fourth-order valence-corrected chi connectivity index (χ4v) is 2.64. The molecule has 0 unspecified atom stereocenters. The molecule has 0 fully saturated rings. The molecule has 0 aliphatic heterocycles. The minimum atomic E-state index is -0.0667. The van der Waals surface area contributed by atoms with Crippen LogP contribution in [0.2, 0.25) is 0 Å². The predicted octanol–water partition coefficient (Wildman–Crippen LogP) is 2.47. The number of nitrogens with zero attached hydrogens (tertiary/aromatic N) is 3. The van der Waals surface area contributed by atoms with Crippen LogP contribution in [0.4, 0.5) is 0 Å². The molecule has 21 heavy (non-hydrogen) atoms. The number of carbonyl (C=O) groups excluding carboxylic acids is 1. The Bertz CT molecular complexity index is 734. The molecule has 0 bridgehead atoms. The average Bonchev–Trinajstić information content (AvgIpc) is 3.16. The molecule has 3 aromatic rings. The van der Waals surface area contributed by atoms with Gasteiger partial charge in [-0.05, 0) is 29.6 Å². The summed E-state index contributed by atoms with van der Waals surface area (Å²) in [4.78, 5) is 15.9. The first-order valence-corrected chi connectivity index (χ1v) is 7.42. The van der Waals surface area contributed by atoms with Crippen LogP contribution in [0, 0.1) is 0 Å². The van der Waals surface area contributed by atoms with Gasteiger partial charge in [-0.2, -0.15) is 16.4 Å². The van der Waals surface area contributed by atoms with Crippen LogP contribution < -0.4 is 5.32 Å². The van der Waals surface area contributed by atoms with Gasteiger partial charge < -0.3 is 5.32 Å². The normalized spacial score (nSPS) is 10.5. The van der Waals surface area contributed by atoms with Crippen LogP contribution >= 0.6 is 11.3 Å². The number of thiophene rings is 1. The minimum absolute atomic E-state index is 0.0667. The Morgan fingerprint density at radius 2 is 2.14 bits per heavy atom. The Labute approximate surface area is 126 Å². The highest BCUT2D eigenvalue weighted by atomic mass is 32.1. The Kier molecular flexibility index (Phi) is 3.79. The van der Waals surface area contributed by atoms with E-state index in [1.807, 2.05) is 42.1 Å². The van der Waals surface area contributed by atoms with Gasteiger partial charge in [-0.15, -0.1) is 0 Å². The van der Waals surface area contributed by atoms with Crippen LogP contribution in [0.5, 0.6) is 0 Å². The van der Waals surface area contributed by atoms with E-state index in [1.54, 1.807) is 17.1 Å². The summed E-state index contributed by atoms with van der Waals surface area (Å²) in [7, 11) is 1.87. The molecule has 0 saturated heterocycles. The van der Waals surface area contributed by atoms with Crippen LogP contribution in [-0.2, 0) is 13.6 Å². The summed E-state index contributed by atoms with van der Waals surface area (Å²) in [6.45, 7) is 0.448.